The largest absolute Gasteiger partial charge is 0.469 e. The Morgan fingerprint density at radius 2 is 2.13 bits per heavy atom. The van der Waals surface area contributed by atoms with E-state index < -0.39 is 16.0 Å². The van der Waals surface area contributed by atoms with Gasteiger partial charge in [-0.25, -0.2) is 8.42 Å². The molecule has 0 rings (SSSR count). The van der Waals surface area contributed by atoms with Crippen molar-refractivity contribution < 1.29 is 17.9 Å². The number of hydrogen-bond donors (Lipinski definition) is 0. The van der Waals surface area contributed by atoms with Crippen molar-refractivity contribution in [1.29, 1.82) is 5.26 Å². The first-order valence-corrected chi connectivity index (χ1v) is 5.92. The van der Waals surface area contributed by atoms with Gasteiger partial charge in [-0.15, -0.1) is 0 Å². The highest BCUT2D eigenvalue weighted by molar-refractivity contribution is 7.89. The van der Waals surface area contributed by atoms with Crippen molar-refractivity contribution in [2.24, 2.45) is 0 Å². The molecule has 0 atom stereocenters. The van der Waals surface area contributed by atoms with Gasteiger partial charge in [0.2, 0.25) is 10.0 Å². The van der Waals surface area contributed by atoms with Gasteiger partial charge in [0.1, 0.15) is 6.54 Å². The number of esters is 1. The molecule has 0 aromatic rings. The predicted molar refractivity (Wildman–Crippen MR) is 53.3 cm³/mol. The number of ether oxygens (including phenoxy) is 1. The van der Waals surface area contributed by atoms with Crippen molar-refractivity contribution in [3.8, 4) is 6.07 Å². The Bertz CT molecular complexity index is 344. The lowest BCUT2D eigenvalue weighted by molar-refractivity contribution is -0.140. The van der Waals surface area contributed by atoms with Crippen LogP contribution in [0.3, 0.4) is 0 Å². The predicted octanol–water partition coefficient (Wildman–Crippen LogP) is -0.275. The van der Waals surface area contributed by atoms with E-state index >= 15 is 0 Å². The molecule has 0 saturated heterocycles. The number of carbonyl (C=O) groups excluding carboxylic acids is 1. The average molecular weight is 234 g/mol. The molecule has 0 aromatic heterocycles. The summed E-state index contributed by atoms with van der Waals surface area (Å²) < 4.78 is 28.2. The number of methoxy groups -OCH3 is 1. The quantitative estimate of drug-likeness (QED) is 0.466. The minimum atomic E-state index is -3.42. The molecule has 0 unspecified atom stereocenters. The molecule has 0 aliphatic carbocycles. The Morgan fingerprint density at radius 1 is 1.53 bits per heavy atom. The maximum atomic E-state index is 11.4. The zero-order valence-electron chi connectivity index (χ0n) is 8.76. The smallest absolute Gasteiger partial charge is 0.305 e. The molecular formula is C8H14N2O4S. The van der Waals surface area contributed by atoms with E-state index in [1.165, 1.54) is 14.2 Å². The van der Waals surface area contributed by atoms with E-state index in [0.29, 0.717) is 0 Å². The van der Waals surface area contributed by atoms with E-state index in [1.54, 1.807) is 6.07 Å². The number of sulfonamides is 1. The minimum absolute atomic E-state index is 0.0656. The molecule has 15 heavy (non-hydrogen) atoms. The average Bonchev–Trinajstić information content (AvgIpc) is 2.17. The van der Waals surface area contributed by atoms with Crippen LogP contribution < -0.4 is 0 Å². The maximum Gasteiger partial charge on any atom is 0.305 e. The van der Waals surface area contributed by atoms with Gasteiger partial charge in [-0.05, 0) is 6.42 Å². The van der Waals surface area contributed by atoms with E-state index in [-0.39, 0.29) is 25.1 Å². The van der Waals surface area contributed by atoms with Crippen molar-refractivity contribution in [1.82, 2.24) is 4.31 Å². The number of rotatable bonds is 6. The fourth-order valence-corrected chi connectivity index (χ4v) is 1.93. The normalized spacial score (nSPS) is 11.1. The van der Waals surface area contributed by atoms with Crippen molar-refractivity contribution in [3.05, 3.63) is 0 Å². The molecule has 0 heterocycles. The molecule has 0 bridgehead atoms. The summed E-state index contributed by atoms with van der Waals surface area (Å²) >= 11 is 0. The lowest BCUT2D eigenvalue weighted by atomic mass is 10.3. The van der Waals surface area contributed by atoms with E-state index in [4.69, 9.17) is 5.26 Å². The summed E-state index contributed by atoms with van der Waals surface area (Å²) in [5, 5.41) is 8.32. The van der Waals surface area contributed by atoms with Gasteiger partial charge in [0.25, 0.3) is 0 Å². The zero-order valence-corrected chi connectivity index (χ0v) is 9.58. The molecule has 0 N–H and O–H groups in total. The molecule has 6 nitrogen and oxygen atoms in total. The highest BCUT2D eigenvalue weighted by Crippen LogP contribution is 2.02. The number of hydrogen-bond acceptors (Lipinski definition) is 5. The van der Waals surface area contributed by atoms with Crippen molar-refractivity contribution in [2.45, 2.75) is 12.8 Å². The molecule has 0 aliphatic rings. The summed E-state index contributed by atoms with van der Waals surface area (Å²) in [5.74, 6) is -0.589. The first kappa shape index (κ1) is 13.9. The van der Waals surface area contributed by atoms with Gasteiger partial charge in [0.15, 0.2) is 0 Å². The Hall–Kier alpha value is -1.13. The summed E-state index contributed by atoms with van der Waals surface area (Å²) in [4.78, 5) is 10.7. The van der Waals surface area contributed by atoms with Crippen LogP contribution in [-0.2, 0) is 19.6 Å². The van der Waals surface area contributed by atoms with Crippen LogP contribution in [-0.4, -0.2) is 45.1 Å². The monoisotopic (exact) mass is 234 g/mol. The highest BCUT2D eigenvalue weighted by Gasteiger charge is 2.17. The van der Waals surface area contributed by atoms with E-state index in [0.717, 1.165) is 4.31 Å². The molecule has 0 aromatic carbocycles. The second-order valence-electron chi connectivity index (χ2n) is 2.91. The van der Waals surface area contributed by atoms with Gasteiger partial charge >= 0.3 is 5.97 Å². The van der Waals surface area contributed by atoms with E-state index in [1.807, 2.05) is 0 Å². The SMILES string of the molecule is COC(=O)CCCS(=O)(=O)N(C)CC#N. The van der Waals surface area contributed by atoms with Gasteiger partial charge < -0.3 is 4.74 Å². The van der Waals surface area contributed by atoms with Crippen LogP contribution >= 0.6 is 0 Å². The number of carbonyl (C=O) groups is 1. The minimum Gasteiger partial charge on any atom is -0.469 e. The molecule has 0 amide bonds. The van der Waals surface area contributed by atoms with Crippen LogP contribution in [0.4, 0.5) is 0 Å². The molecule has 0 saturated carbocycles. The third-order valence-corrected chi connectivity index (χ3v) is 3.66. The lowest BCUT2D eigenvalue weighted by Crippen LogP contribution is -2.29. The second kappa shape index (κ2) is 6.37. The zero-order chi connectivity index (χ0) is 11.9. The van der Waals surface area contributed by atoms with Crippen LogP contribution in [0.2, 0.25) is 0 Å². The summed E-state index contributed by atoms with van der Waals surface area (Å²) in [7, 11) is -0.845. The van der Waals surface area contributed by atoms with Crippen molar-refractivity contribution in [2.75, 3.05) is 26.5 Å². The number of nitrogens with zero attached hydrogens (tertiary/aromatic N) is 2. The first-order chi connectivity index (χ1) is 6.94. The molecule has 0 fully saturated rings. The third kappa shape index (κ3) is 5.34. The Morgan fingerprint density at radius 3 is 2.60 bits per heavy atom. The summed E-state index contributed by atoms with van der Waals surface area (Å²) in [6, 6.07) is 1.74. The third-order valence-electron chi connectivity index (χ3n) is 1.78. The van der Waals surface area contributed by atoms with Crippen LogP contribution in [0.25, 0.3) is 0 Å². The molecule has 7 heteroatoms. The van der Waals surface area contributed by atoms with Crippen molar-refractivity contribution in [3.63, 3.8) is 0 Å². The van der Waals surface area contributed by atoms with E-state index in [9.17, 15) is 13.2 Å². The molecule has 0 aliphatic heterocycles. The topological polar surface area (TPSA) is 87.5 Å². The van der Waals surface area contributed by atoms with Gasteiger partial charge in [0.05, 0.1) is 18.9 Å². The van der Waals surface area contributed by atoms with Crippen LogP contribution in [0.5, 0.6) is 0 Å². The van der Waals surface area contributed by atoms with Crippen molar-refractivity contribution >= 4 is 16.0 Å². The molecular weight excluding hydrogens is 220 g/mol. The Balaban J connectivity index is 4.06. The Labute approximate surface area is 89.5 Å². The van der Waals surface area contributed by atoms with Crippen LogP contribution in [0.1, 0.15) is 12.8 Å². The van der Waals surface area contributed by atoms with Crippen LogP contribution in [0, 0.1) is 11.3 Å². The second-order valence-corrected chi connectivity index (χ2v) is 5.11. The lowest BCUT2D eigenvalue weighted by Gasteiger charge is -2.12. The fourth-order valence-electron chi connectivity index (χ4n) is 0.855. The van der Waals surface area contributed by atoms with Gasteiger partial charge in [-0.2, -0.15) is 9.57 Å². The molecule has 0 radical (unpaired) electrons. The Kier molecular flexibility index (Phi) is 5.89. The van der Waals surface area contributed by atoms with Gasteiger partial charge in [-0.1, -0.05) is 0 Å². The summed E-state index contributed by atoms with van der Waals surface area (Å²) in [6.45, 7) is -0.180. The number of nitriles is 1. The van der Waals surface area contributed by atoms with Gasteiger partial charge in [-0.3, -0.25) is 4.79 Å². The molecule has 86 valence electrons. The summed E-state index contributed by atoms with van der Waals surface area (Å²) in [5.41, 5.74) is 0. The highest BCUT2D eigenvalue weighted by atomic mass is 32.2. The molecule has 0 spiro atoms. The van der Waals surface area contributed by atoms with Crippen LogP contribution in [0.15, 0.2) is 0 Å². The fraction of sp³-hybridized carbons (Fsp3) is 0.750. The maximum absolute atomic E-state index is 11.4. The summed E-state index contributed by atoms with van der Waals surface area (Å²) in [6.07, 6.45) is 0.265. The standard InChI is InChI=1S/C8H14N2O4S/c1-10(6-5-9)15(12,13)7-3-4-8(11)14-2/h3-4,6-7H2,1-2H3. The van der Waals surface area contributed by atoms with E-state index in [2.05, 4.69) is 4.74 Å². The van der Waals surface area contributed by atoms with Gasteiger partial charge in [0, 0.05) is 13.5 Å². The first-order valence-electron chi connectivity index (χ1n) is 4.32.